The minimum absolute atomic E-state index is 0.00228. The summed E-state index contributed by atoms with van der Waals surface area (Å²) in [5.74, 6) is -0.262. The van der Waals surface area contributed by atoms with Gasteiger partial charge in [0.2, 0.25) is 11.8 Å². The van der Waals surface area contributed by atoms with E-state index in [2.05, 4.69) is 53.6 Å². The SMILES string of the molecule is CN(CCC1CCC(n2cc(NC(=O)c3cnn4ccc(N5CCOCC5)nc34)c(C(F)F)n2)CC1)C1CCN(c2cccc3c(C4CCC(=O)NC4=O)nn(C)c23)CC1. The minimum Gasteiger partial charge on any atom is -0.378 e. The maximum Gasteiger partial charge on any atom is 0.284 e. The van der Waals surface area contributed by atoms with Crippen LogP contribution in [0.2, 0.25) is 0 Å². The standard InChI is InChI=1S/C42H52F2N12O4/c1-51(27-13-17-53(18-14-27)33-5-3-4-29-36(49-52(2)38(29)33)30-10-11-35(57)48-41(30)58)16-12-26-6-8-28(9-7-26)56-25-32(37(50-56)39(43)44)46-42(59)31-24-45-55-19-15-34(47-40(31)55)54-20-22-60-23-21-54/h3-5,15,19,24-28,30,39H,6-14,16-18,20-23H2,1-2H3,(H,46,59)(H,48,57,58). The summed E-state index contributed by atoms with van der Waals surface area (Å²) in [6.07, 6.45) is 9.40. The Morgan fingerprint density at radius 2 is 1.78 bits per heavy atom. The fraction of sp³-hybridized carbons (Fsp3) is 0.548. The highest BCUT2D eigenvalue weighted by atomic mass is 19.3. The summed E-state index contributed by atoms with van der Waals surface area (Å²) in [6, 6.07) is 8.47. The second-order valence-electron chi connectivity index (χ2n) is 16.7. The molecule has 3 amide bonds. The molecule has 2 N–H and O–H groups in total. The molecule has 3 aliphatic heterocycles. The number of benzene rings is 1. The zero-order valence-corrected chi connectivity index (χ0v) is 34.1. The molecule has 1 saturated carbocycles. The number of fused-ring (bicyclic) bond motifs is 2. The Morgan fingerprint density at radius 1 is 1.00 bits per heavy atom. The number of amides is 3. The lowest BCUT2D eigenvalue weighted by atomic mass is 9.84. The molecule has 4 fully saturated rings. The van der Waals surface area contributed by atoms with Gasteiger partial charge in [0.25, 0.3) is 12.3 Å². The van der Waals surface area contributed by atoms with Crippen molar-refractivity contribution in [1.29, 1.82) is 0 Å². The zero-order chi connectivity index (χ0) is 41.5. The van der Waals surface area contributed by atoms with E-state index in [0.29, 0.717) is 62.6 Å². The number of hydrogen-bond acceptors (Lipinski definition) is 11. The van der Waals surface area contributed by atoms with Gasteiger partial charge in [-0.15, -0.1) is 0 Å². The summed E-state index contributed by atoms with van der Waals surface area (Å²) in [7, 11) is 4.14. The molecule has 318 valence electrons. The van der Waals surface area contributed by atoms with Gasteiger partial charge in [0.05, 0.1) is 54.0 Å². The Hall–Kier alpha value is -5.49. The van der Waals surface area contributed by atoms with Crippen LogP contribution in [0, 0.1) is 5.92 Å². The zero-order valence-electron chi connectivity index (χ0n) is 34.1. The Bertz CT molecular complexity index is 2370. The molecule has 3 saturated heterocycles. The van der Waals surface area contributed by atoms with Crippen LogP contribution in [0.3, 0.4) is 0 Å². The number of nitrogens with zero attached hydrogens (tertiary/aromatic N) is 10. The fourth-order valence-corrected chi connectivity index (χ4v) is 9.65. The van der Waals surface area contributed by atoms with Crippen molar-refractivity contribution in [3.8, 4) is 0 Å². The highest BCUT2D eigenvalue weighted by Crippen LogP contribution is 2.38. The average molecular weight is 827 g/mol. The van der Waals surface area contributed by atoms with E-state index in [-0.39, 0.29) is 29.1 Å². The number of anilines is 3. The van der Waals surface area contributed by atoms with Gasteiger partial charge in [-0.05, 0) is 83.0 Å². The molecule has 0 spiro atoms. The number of imide groups is 1. The third-order valence-electron chi connectivity index (χ3n) is 13.1. The van der Waals surface area contributed by atoms with Gasteiger partial charge in [-0.1, -0.05) is 12.1 Å². The van der Waals surface area contributed by atoms with E-state index in [1.165, 1.54) is 10.7 Å². The summed E-state index contributed by atoms with van der Waals surface area (Å²) in [6.45, 7) is 5.36. The van der Waals surface area contributed by atoms with Crippen molar-refractivity contribution in [1.82, 2.24) is 44.4 Å². The fourth-order valence-electron chi connectivity index (χ4n) is 9.65. The molecular formula is C42H52F2N12O4. The molecule has 1 aromatic carbocycles. The van der Waals surface area contributed by atoms with E-state index in [9.17, 15) is 23.2 Å². The first kappa shape index (κ1) is 39.9. The molecule has 1 atom stereocenters. The monoisotopic (exact) mass is 826 g/mol. The van der Waals surface area contributed by atoms with Gasteiger partial charge in [0.15, 0.2) is 11.3 Å². The number of aryl methyl sites for hydroxylation is 1. The first-order valence-corrected chi connectivity index (χ1v) is 21.2. The van der Waals surface area contributed by atoms with Crippen LogP contribution in [0.4, 0.5) is 26.0 Å². The molecule has 60 heavy (non-hydrogen) atoms. The third kappa shape index (κ3) is 7.93. The molecule has 16 nitrogen and oxygen atoms in total. The van der Waals surface area contributed by atoms with Crippen LogP contribution in [0.25, 0.3) is 16.6 Å². The number of ether oxygens (including phenoxy) is 1. The number of nitrogens with one attached hydrogen (secondary N) is 2. The van der Waals surface area contributed by atoms with Crippen molar-refractivity contribution in [2.24, 2.45) is 13.0 Å². The second-order valence-corrected chi connectivity index (χ2v) is 16.7. The molecule has 4 aliphatic rings. The van der Waals surface area contributed by atoms with Gasteiger partial charge in [-0.2, -0.15) is 15.3 Å². The van der Waals surface area contributed by atoms with E-state index in [4.69, 9.17) is 9.84 Å². The number of morpholine rings is 1. The normalized spacial score (nSPS) is 22.1. The predicted octanol–water partition coefficient (Wildman–Crippen LogP) is 5.08. The molecule has 5 aromatic rings. The maximum absolute atomic E-state index is 14.3. The van der Waals surface area contributed by atoms with Crippen LogP contribution in [0.15, 0.2) is 42.9 Å². The van der Waals surface area contributed by atoms with Gasteiger partial charge in [-0.25, -0.2) is 18.3 Å². The van der Waals surface area contributed by atoms with Crippen LogP contribution in [-0.2, 0) is 21.4 Å². The number of piperidine rings is 2. The average Bonchev–Trinajstić information content (AvgIpc) is 3.99. The highest BCUT2D eigenvalue weighted by Gasteiger charge is 2.34. The second kappa shape index (κ2) is 16.9. The minimum atomic E-state index is -2.85. The number of carbonyl (C=O) groups excluding carboxylic acids is 3. The molecule has 4 aromatic heterocycles. The smallest absolute Gasteiger partial charge is 0.284 e. The van der Waals surface area contributed by atoms with Crippen LogP contribution in [0.5, 0.6) is 0 Å². The summed E-state index contributed by atoms with van der Waals surface area (Å²) in [4.78, 5) is 49.6. The highest BCUT2D eigenvalue weighted by molar-refractivity contribution is 6.08. The summed E-state index contributed by atoms with van der Waals surface area (Å²) < 4.78 is 39.0. The molecule has 7 heterocycles. The number of halogens is 2. The van der Waals surface area contributed by atoms with Crippen LogP contribution in [-0.4, -0.2) is 116 Å². The summed E-state index contributed by atoms with van der Waals surface area (Å²) in [5.41, 5.74) is 2.97. The van der Waals surface area contributed by atoms with E-state index in [0.717, 1.165) is 86.9 Å². The van der Waals surface area contributed by atoms with Crippen molar-refractivity contribution < 1.29 is 27.9 Å². The Morgan fingerprint density at radius 3 is 2.53 bits per heavy atom. The Balaban J connectivity index is 0.770. The topological polar surface area (TPSA) is 160 Å². The number of carbonyl (C=O) groups is 3. The van der Waals surface area contributed by atoms with Crippen LogP contribution < -0.4 is 20.4 Å². The number of para-hydroxylation sites is 1. The van der Waals surface area contributed by atoms with Crippen LogP contribution in [0.1, 0.15) is 97.9 Å². The predicted molar refractivity (Wildman–Crippen MR) is 220 cm³/mol. The maximum atomic E-state index is 14.3. The van der Waals surface area contributed by atoms with E-state index in [1.807, 2.05) is 29.9 Å². The first-order valence-electron chi connectivity index (χ1n) is 21.2. The number of aromatic nitrogens is 7. The van der Waals surface area contributed by atoms with Gasteiger partial charge >= 0.3 is 0 Å². The van der Waals surface area contributed by atoms with E-state index >= 15 is 0 Å². The van der Waals surface area contributed by atoms with Crippen molar-refractivity contribution in [3.05, 3.63) is 59.8 Å². The molecule has 1 unspecified atom stereocenters. The number of alkyl halides is 2. The van der Waals surface area contributed by atoms with Gasteiger partial charge in [-0.3, -0.25) is 29.1 Å². The van der Waals surface area contributed by atoms with Gasteiger partial charge in [0.1, 0.15) is 11.4 Å². The van der Waals surface area contributed by atoms with Crippen molar-refractivity contribution in [2.45, 2.75) is 82.2 Å². The first-order chi connectivity index (χ1) is 29.1. The van der Waals surface area contributed by atoms with Crippen molar-refractivity contribution >= 4 is 51.5 Å². The quantitative estimate of drug-likeness (QED) is 0.171. The molecule has 18 heteroatoms. The lowest BCUT2D eigenvalue weighted by Crippen LogP contribution is -2.44. The van der Waals surface area contributed by atoms with Crippen molar-refractivity contribution in [3.63, 3.8) is 0 Å². The lowest BCUT2D eigenvalue weighted by Gasteiger charge is -2.39. The number of hydrogen-bond donors (Lipinski definition) is 2. The largest absolute Gasteiger partial charge is 0.378 e. The molecule has 0 radical (unpaired) electrons. The Kier molecular flexibility index (Phi) is 11.2. The molecule has 0 bridgehead atoms. The van der Waals surface area contributed by atoms with Crippen LogP contribution >= 0.6 is 0 Å². The van der Waals surface area contributed by atoms with E-state index in [1.54, 1.807) is 17.1 Å². The van der Waals surface area contributed by atoms with E-state index < -0.39 is 23.9 Å². The van der Waals surface area contributed by atoms with Gasteiger partial charge < -0.3 is 24.8 Å². The summed E-state index contributed by atoms with van der Waals surface area (Å²) in [5, 5.41) is 19.5. The Labute approximate surface area is 346 Å². The van der Waals surface area contributed by atoms with Gasteiger partial charge in [0, 0.05) is 63.5 Å². The molecule has 9 rings (SSSR count). The van der Waals surface area contributed by atoms with Crippen molar-refractivity contribution in [2.75, 3.05) is 68.1 Å². The molecule has 1 aliphatic carbocycles. The number of rotatable bonds is 11. The lowest BCUT2D eigenvalue weighted by molar-refractivity contribution is -0.134. The summed E-state index contributed by atoms with van der Waals surface area (Å²) >= 11 is 0. The third-order valence-corrected chi connectivity index (χ3v) is 13.1. The molecular weight excluding hydrogens is 775 g/mol.